The minimum absolute atomic E-state index is 0.763. The van der Waals surface area contributed by atoms with Crippen molar-refractivity contribution in [1.82, 2.24) is 20.1 Å². The number of fused-ring (bicyclic) bond motifs is 3. The van der Waals surface area contributed by atoms with Crippen molar-refractivity contribution in [2.75, 3.05) is 43.5 Å². The van der Waals surface area contributed by atoms with E-state index in [0.29, 0.717) is 0 Å². The average Bonchev–Trinajstić information content (AvgIpc) is 3.55. The quantitative estimate of drug-likeness (QED) is 0.511. The maximum atomic E-state index is 5.55. The summed E-state index contributed by atoms with van der Waals surface area (Å²) >= 11 is 0. The average molecular weight is 415 g/mol. The van der Waals surface area contributed by atoms with E-state index in [1.165, 1.54) is 31.6 Å². The Morgan fingerprint density at radius 2 is 1.84 bits per heavy atom. The molecule has 4 aromatic rings. The predicted molar refractivity (Wildman–Crippen MR) is 124 cm³/mol. The number of H-pyrrole nitrogens is 1. The fourth-order valence-electron chi connectivity index (χ4n) is 4.65. The molecule has 1 aliphatic carbocycles. The third-order valence-electron chi connectivity index (χ3n) is 6.47. The van der Waals surface area contributed by atoms with Crippen LogP contribution in [0.3, 0.4) is 0 Å². The number of ether oxygens (including phenoxy) is 1. The Morgan fingerprint density at radius 3 is 2.58 bits per heavy atom. The third-order valence-corrected chi connectivity index (χ3v) is 6.47. The van der Waals surface area contributed by atoms with Gasteiger partial charge in [0.25, 0.3) is 0 Å². The number of nitrogens with zero attached hydrogens (tertiary/aromatic N) is 4. The first-order chi connectivity index (χ1) is 15.3. The van der Waals surface area contributed by atoms with Crippen LogP contribution in [0, 0.1) is 0 Å². The second-order valence-electron chi connectivity index (χ2n) is 8.40. The molecule has 0 atom stereocenters. The highest BCUT2D eigenvalue weighted by Crippen LogP contribution is 2.35. The van der Waals surface area contributed by atoms with E-state index in [9.17, 15) is 0 Å². The Kier molecular flexibility index (Phi) is 4.42. The molecule has 1 saturated carbocycles. The highest BCUT2D eigenvalue weighted by atomic mass is 16.5. The van der Waals surface area contributed by atoms with Crippen LogP contribution in [-0.4, -0.2) is 59.4 Å². The summed E-state index contributed by atoms with van der Waals surface area (Å²) in [5, 5.41) is 12.8. The van der Waals surface area contributed by atoms with E-state index in [1.807, 2.05) is 24.4 Å². The van der Waals surface area contributed by atoms with Crippen molar-refractivity contribution in [1.29, 1.82) is 0 Å². The molecule has 6 rings (SSSR count). The Morgan fingerprint density at radius 1 is 1.03 bits per heavy atom. The molecule has 31 heavy (non-hydrogen) atoms. The van der Waals surface area contributed by atoms with Crippen LogP contribution < -0.4 is 15.0 Å². The summed E-state index contributed by atoms with van der Waals surface area (Å²) in [5.41, 5.74) is 4.04. The minimum Gasteiger partial charge on any atom is -0.496 e. The summed E-state index contributed by atoms with van der Waals surface area (Å²) in [6.45, 7) is 4.55. The van der Waals surface area contributed by atoms with Crippen LogP contribution in [0.1, 0.15) is 12.8 Å². The van der Waals surface area contributed by atoms with Gasteiger partial charge in [-0.2, -0.15) is 5.10 Å². The maximum Gasteiger partial charge on any atom is 0.157 e. The molecule has 1 aliphatic heterocycles. The number of anilines is 3. The lowest BCUT2D eigenvalue weighted by molar-refractivity contribution is 0.248. The Bertz CT molecular complexity index is 1220. The van der Waals surface area contributed by atoms with Crippen LogP contribution in [0.4, 0.5) is 17.2 Å². The van der Waals surface area contributed by atoms with Gasteiger partial charge in [-0.15, -0.1) is 0 Å². The van der Waals surface area contributed by atoms with Crippen molar-refractivity contribution in [3.63, 3.8) is 0 Å². The first-order valence-electron chi connectivity index (χ1n) is 11.0. The van der Waals surface area contributed by atoms with Gasteiger partial charge in [-0.3, -0.25) is 10.00 Å². The molecule has 7 nitrogen and oxygen atoms in total. The molecule has 2 N–H and O–H groups in total. The molecular formula is C24H26N6O. The Balaban J connectivity index is 1.25. The molecule has 2 aromatic heterocycles. The number of hydrogen-bond donors (Lipinski definition) is 2. The smallest absolute Gasteiger partial charge is 0.157 e. The van der Waals surface area contributed by atoms with Crippen LogP contribution in [0.5, 0.6) is 5.75 Å². The van der Waals surface area contributed by atoms with E-state index < -0.39 is 0 Å². The predicted octanol–water partition coefficient (Wildman–Crippen LogP) is 4.15. The SMILES string of the molecule is COc1cccc2nc(Nc3ccc(N4CCN(C5CC5)CC4)cc3)c3[nH]ncc3c12. The van der Waals surface area contributed by atoms with Gasteiger partial charge in [0.2, 0.25) is 0 Å². The Labute approximate surface area is 181 Å². The highest BCUT2D eigenvalue weighted by Gasteiger charge is 2.31. The van der Waals surface area contributed by atoms with Crippen molar-refractivity contribution in [3.8, 4) is 5.75 Å². The van der Waals surface area contributed by atoms with Gasteiger partial charge < -0.3 is 15.0 Å². The molecule has 1 saturated heterocycles. The summed E-state index contributed by atoms with van der Waals surface area (Å²) in [5.74, 6) is 1.56. The maximum absolute atomic E-state index is 5.55. The number of methoxy groups -OCH3 is 1. The van der Waals surface area contributed by atoms with E-state index in [-0.39, 0.29) is 0 Å². The van der Waals surface area contributed by atoms with E-state index in [1.54, 1.807) is 7.11 Å². The van der Waals surface area contributed by atoms with Gasteiger partial charge in [-0.05, 0) is 49.2 Å². The number of nitrogens with one attached hydrogen (secondary N) is 2. The summed E-state index contributed by atoms with van der Waals surface area (Å²) < 4.78 is 5.55. The standard InChI is InChI=1S/C24H26N6O/c1-31-21-4-2-3-20-22(21)19-15-25-28-23(19)24(27-20)26-16-5-7-17(8-6-16)29-11-13-30(14-12-29)18-9-10-18/h2-8,15,18H,9-14H2,1H3,(H,25,28)(H,26,27). The molecule has 2 fully saturated rings. The van der Waals surface area contributed by atoms with Crippen LogP contribution >= 0.6 is 0 Å². The minimum atomic E-state index is 0.763. The van der Waals surface area contributed by atoms with Gasteiger partial charge in [-0.25, -0.2) is 4.98 Å². The Hall–Kier alpha value is -3.32. The lowest BCUT2D eigenvalue weighted by Gasteiger charge is -2.36. The van der Waals surface area contributed by atoms with Gasteiger partial charge >= 0.3 is 0 Å². The molecule has 0 radical (unpaired) electrons. The molecule has 0 unspecified atom stereocenters. The zero-order valence-corrected chi connectivity index (χ0v) is 17.6. The van der Waals surface area contributed by atoms with Crippen molar-refractivity contribution >= 4 is 39.0 Å². The van der Waals surface area contributed by atoms with Crippen molar-refractivity contribution in [2.24, 2.45) is 0 Å². The number of piperazine rings is 1. The summed E-state index contributed by atoms with van der Waals surface area (Å²) in [6.07, 6.45) is 4.61. The number of hydrogen-bond acceptors (Lipinski definition) is 6. The molecule has 0 bridgehead atoms. The lowest BCUT2D eigenvalue weighted by atomic mass is 10.1. The first-order valence-corrected chi connectivity index (χ1v) is 11.0. The normalized spacial score (nSPS) is 17.4. The molecule has 2 aromatic carbocycles. The topological polar surface area (TPSA) is 69.3 Å². The number of benzene rings is 2. The zero-order valence-electron chi connectivity index (χ0n) is 17.6. The van der Waals surface area contributed by atoms with Crippen LogP contribution in [0.25, 0.3) is 21.8 Å². The van der Waals surface area contributed by atoms with Crippen LogP contribution in [0.2, 0.25) is 0 Å². The van der Waals surface area contributed by atoms with E-state index in [4.69, 9.17) is 9.72 Å². The number of aromatic amines is 1. The number of aromatic nitrogens is 3. The molecule has 2 aliphatic rings. The second-order valence-corrected chi connectivity index (χ2v) is 8.40. The molecule has 3 heterocycles. The van der Waals surface area contributed by atoms with Gasteiger partial charge in [0.1, 0.15) is 11.3 Å². The summed E-state index contributed by atoms with van der Waals surface area (Å²) in [6, 6.07) is 15.4. The molecule has 0 amide bonds. The van der Waals surface area contributed by atoms with Gasteiger partial charge in [0.15, 0.2) is 5.82 Å². The fourth-order valence-corrected chi connectivity index (χ4v) is 4.65. The highest BCUT2D eigenvalue weighted by molar-refractivity contribution is 6.11. The summed E-state index contributed by atoms with van der Waals surface area (Å²) in [4.78, 5) is 9.97. The monoisotopic (exact) mass is 414 g/mol. The van der Waals surface area contributed by atoms with Gasteiger partial charge in [0, 0.05) is 49.0 Å². The van der Waals surface area contributed by atoms with Crippen molar-refractivity contribution < 1.29 is 4.74 Å². The number of rotatable bonds is 5. The van der Waals surface area contributed by atoms with Crippen molar-refractivity contribution in [2.45, 2.75) is 18.9 Å². The third kappa shape index (κ3) is 3.35. The molecule has 158 valence electrons. The van der Waals surface area contributed by atoms with E-state index in [0.717, 1.165) is 58.2 Å². The van der Waals surface area contributed by atoms with E-state index >= 15 is 0 Å². The van der Waals surface area contributed by atoms with Crippen LogP contribution in [0.15, 0.2) is 48.7 Å². The lowest BCUT2D eigenvalue weighted by Crippen LogP contribution is -2.47. The molecular weight excluding hydrogens is 388 g/mol. The largest absolute Gasteiger partial charge is 0.496 e. The zero-order chi connectivity index (χ0) is 20.8. The first kappa shape index (κ1) is 18.4. The van der Waals surface area contributed by atoms with Crippen molar-refractivity contribution in [3.05, 3.63) is 48.7 Å². The van der Waals surface area contributed by atoms with Crippen LogP contribution in [-0.2, 0) is 0 Å². The number of pyridine rings is 1. The second kappa shape index (κ2) is 7.42. The molecule has 7 heteroatoms. The van der Waals surface area contributed by atoms with Gasteiger partial charge in [0.05, 0.1) is 24.2 Å². The van der Waals surface area contributed by atoms with Gasteiger partial charge in [-0.1, -0.05) is 6.07 Å². The summed E-state index contributed by atoms with van der Waals surface area (Å²) in [7, 11) is 1.68. The fraction of sp³-hybridized carbons (Fsp3) is 0.333. The molecule has 0 spiro atoms. The van der Waals surface area contributed by atoms with E-state index in [2.05, 4.69) is 49.6 Å².